The standard InChI is InChI=1S/C28H29N5O5S2/c1-31(2)40(35,36)22-10-7-9-20(16-22)27-29-30-28(33(27)24-17-21(37-3)12-13-25(24)38-4)39-18-26(34)32-15-14-19-8-5-6-11-23(19)32/h5-13,16-17H,14-15,18H2,1-4H3. The molecule has 0 radical (unpaired) electrons. The average Bonchev–Trinajstić information content (AvgIpc) is 3.60. The molecule has 0 bridgehead atoms. The first-order chi connectivity index (χ1) is 19.2. The lowest BCUT2D eigenvalue weighted by molar-refractivity contribution is -0.116. The molecule has 0 saturated heterocycles. The molecule has 0 N–H and O–H groups in total. The van der Waals surface area contributed by atoms with Gasteiger partial charge in [-0.15, -0.1) is 10.2 Å². The number of carbonyl (C=O) groups is 1. The number of amides is 1. The Kier molecular flexibility index (Phi) is 7.83. The maximum absolute atomic E-state index is 13.3. The highest BCUT2D eigenvalue weighted by atomic mass is 32.2. The van der Waals surface area contributed by atoms with E-state index in [4.69, 9.17) is 9.47 Å². The van der Waals surface area contributed by atoms with Crippen LogP contribution in [0.15, 0.2) is 76.8 Å². The SMILES string of the molecule is COc1ccc(OC)c(-n2c(SCC(=O)N3CCc4ccccc43)nnc2-c2cccc(S(=O)(=O)N(C)C)c2)c1. The van der Waals surface area contributed by atoms with Crippen LogP contribution in [-0.2, 0) is 21.2 Å². The van der Waals surface area contributed by atoms with Crippen LogP contribution >= 0.6 is 11.8 Å². The molecule has 0 saturated carbocycles. The van der Waals surface area contributed by atoms with Crippen LogP contribution in [0.25, 0.3) is 17.1 Å². The molecule has 0 fully saturated rings. The quantitative estimate of drug-likeness (QED) is 0.275. The Hall–Kier alpha value is -3.87. The Balaban J connectivity index is 1.56. The number of carbonyl (C=O) groups excluding carboxylic acids is 1. The monoisotopic (exact) mass is 579 g/mol. The van der Waals surface area contributed by atoms with Crippen molar-refractivity contribution in [3.8, 4) is 28.6 Å². The summed E-state index contributed by atoms with van der Waals surface area (Å²) in [6, 6.07) is 19.8. The predicted octanol–water partition coefficient (Wildman–Crippen LogP) is 3.88. The fourth-order valence-corrected chi connectivity index (χ4v) is 6.32. The molecular weight excluding hydrogens is 550 g/mol. The molecule has 0 unspecified atom stereocenters. The second-order valence-electron chi connectivity index (χ2n) is 9.21. The number of methoxy groups -OCH3 is 2. The number of sulfonamides is 1. The van der Waals surface area contributed by atoms with E-state index in [-0.39, 0.29) is 16.6 Å². The molecule has 1 amide bonds. The minimum Gasteiger partial charge on any atom is -0.497 e. The molecule has 0 spiro atoms. The summed E-state index contributed by atoms with van der Waals surface area (Å²) < 4.78 is 39.7. The minimum absolute atomic E-state index is 0.0391. The maximum Gasteiger partial charge on any atom is 0.242 e. The van der Waals surface area contributed by atoms with Gasteiger partial charge in [-0.2, -0.15) is 0 Å². The number of hydrogen-bond donors (Lipinski definition) is 0. The van der Waals surface area contributed by atoms with E-state index in [1.165, 1.54) is 31.9 Å². The Bertz CT molecular complexity index is 1670. The summed E-state index contributed by atoms with van der Waals surface area (Å²) >= 11 is 1.25. The lowest BCUT2D eigenvalue weighted by Gasteiger charge is -2.18. The molecule has 1 aliphatic rings. The van der Waals surface area contributed by atoms with Gasteiger partial charge >= 0.3 is 0 Å². The molecular formula is C28H29N5O5S2. The molecule has 3 aromatic carbocycles. The van der Waals surface area contributed by atoms with Gasteiger partial charge in [0.05, 0.1) is 30.6 Å². The highest BCUT2D eigenvalue weighted by Crippen LogP contribution is 2.36. The van der Waals surface area contributed by atoms with E-state index in [2.05, 4.69) is 10.2 Å². The summed E-state index contributed by atoms with van der Waals surface area (Å²) in [7, 11) is 2.41. The van der Waals surface area contributed by atoms with Crippen molar-refractivity contribution in [3.63, 3.8) is 0 Å². The molecule has 10 nitrogen and oxygen atoms in total. The van der Waals surface area contributed by atoms with Crippen LogP contribution in [0.3, 0.4) is 0 Å². The van der Waals surface area contributed by atoms with Gasteiger partial charge in [-0.25, -0.2) is 12.7 Å². The van der Waals surface area contributed by atoms with E-state index in [9.17, 15) is 13.2 Å². The van der Waals surface area contributed by atoms with E-state index in [1.807, 2.05) is 24.3 Å². The van der Waals surface area contributed by atoms with E-state index >= 15 is 0 Å². The van der Waals surface area contributed by atoms with Gasteiger partial charge in [0, 0.05) is 38.0 Å². The fourth-order valence-electron chi connectivity index (χ4n) is 4.55. The van der Waals surface area contributed by atoms with Crippen LogP contribution in [0.5, 0.6) is 11.5 Å². The molecule has 2 heterocycles. The van der Waals surface area contributed by atoms with Crippen LogP contribution in [0.4, 0.5) is 5.69 Å². The smallest absolute Gasteiger partial charge is 0.242 e. The van der Waals surface area contributed by atoms with Crippen molar-refractivity contribution in [2.24, 2.45) is 0 Å². The first-order valence-electron chi connectivity index (χ1n) is 12.5. The zero-order valence-corrected chi connectivity index (χ0v) is 24.2. The number of para-hydroxylation sites is 1. The van der Waals surface area contributed by atoms with E-state index in [0.29, 0.717) is 40.3 Å². The molecule has 12 heteroatoms. The number of hydrogen-bond acceptors (Lipinski definition) is 8. The minimum atomic E-state index is -3.68. The van der Waals surface area contributed by atoms with Crippen molar-refractivity contribution in [1.82, 2.24) is 19.1 Å². The Morgan fingerprint density at radius 1 is 0.975 bits per heavy atom. The Labute approximate surface area is 237 Å². The lowest BCUT2D eigenvalue weighted by Crippen LogP contribution is -2.30. The van der Waals surface area contributed by atoms with Crippen LogP contribution < -0.4 is 14.4 Å². The van der Waals surface area contributed by atoms with Gasteiger partial charge < -0.3 is 14.4 Å². The number of nitrogens with zero attached hydrogens (tertiary/aromatic N) is 5. The van der Waals surface area contributed by atoms with Gasteiger partial charge in [-0.1, -0.05) is 42.1 Å². The molecule has 1 aromatic heterocycles. The molecule has 1 aliphatic heterocycles. The van der Waals surface area contributed by atoms with Gasteiger partial charge in [-0.05, 0) is 42.3 Å². The predicted molar refractivity (Wildman–Crippen MR) is 154 cm³/mol. The third-order valence-corrected chi connectivity index (χ3v) is 9.37. The van der Waals surface area contributed by atoms with Crippen molar-refractivity contribution in [2.75, 3.05) is 45.5 Å². The van der Waals surface area contributed by atoms with Crippen molar-refractivity contribution in [2.45, 2.75) is 16.5 Å². The molecule has 5 rings (SSSR count). The zero-order chi connectivity index (χ0) is 28.4. The normalized spacial score (nSPS) is 13.0. The van der Waals surface area contributed by atoms with Gasteiger partial charge in [-0.3, -0.25) is 9.36 Å². The van der Waals surface area contributed by atoms with E-state index < -0.39 is 10.0 Å². The van der Waals surface area contributed by atoms with Crippen molar-refractivity contribution < 1.29 is 22.7 Å². The second kappa shape index (κ2) is 11.3. The van der Waals surface area contributed by atoms with Gasteiger partial charge in [0.1, 0.15) is 11.5 Å². The number of fused-ring (bicyclic) bond motifs is 1. The molecule has 40 heavy (non-hydrogen) atoms. The number of aromatic nitrogens is 3. The van der Waals surface area contributed by atoms with Gasteiger partial charge in [0.25, 0.3) is 0 Å². The van der Waals surface area contributed by atoms with Crippen LogP contribution in [0.2, 0.25) is 0 Å². The van der Waals surface area contributed by atoms with E-state index in [0.717, 1.165) is 22.0 Å². The maximum atomic E-state index is 13.3. The highest BCUT2D eigenvalue weighted by Gasteiger charge is 2.27. The largest absolute Gasteiger partial charge is 0.497 e. The van der Waals surface area contributed by atoms with Crippen molar-refractivity contribution in [3.05, 3.63) is 72.3 Å². The zero-order valence-electron chi connectivity index (χ0n) is 22.6. The summed E-state index contributed by atoms with van der Waals surface area (Å²) in [5, 5.41) is 9.30. The summed E-state index contributed by atoms with van der Waals surface area (Å²) in [6.45, 7) is 0.632. The molecule has 0 atom stereocenters. The molecule has 4 aromatic rings. The number of rotatable bonds is 9. The first-order valence-corrected chi connectivity index (χ1v) is 14.9. The first kappa shape index (κ1) is 27.7. The summed E-state index contributed by atoms with van der Waals surface area (Å²) in [5.41, 5.74) is 3.21. The highest BCUT2D eigenvalue weighted by molar-refractivity contribution is 7.99. The van der Waals surface area contributed by atoms with Crippen LogP contribution in [0, 0.1) is 0 Å². The molecule has 208 valence electrons. The lowest BCUT2D eigenvalue weighted by atomic mass is 10.2. The third kappa shape index (κ3) is 5.17. The number of thioether (sulfide) groups is 1. The number of anilines is 1. The third-order valence-electron chi connectivity index (χ3n) is 6.64. The average molecular weight is 580 g/mol. The topological polar surface area (TPSA) is 107 Å². The fraction of sp³-hybridized carbons (Fsp3) is 0.250. The van der Waals surface area contributed by atoms with Crippen LogP contribution in [-0.4, -0.2) is 74.0 Å². The van der Waals surface area contributed by atoms with Gasteiger partial charge in [0.15, 0.2) is 11.0 Å². The Morgan fingerprint density at radius 3 is 2.52 bits per heavy atom. The number of ether oxygens (including phenoxy) is 2. The van der Waals surface area contributed by atoms with E-state index in [1.54, 1.807) is 60.1 Å². The molecule has 0 aliphatic carbocycles. The Morgan fingerprint density at radius 2 is 1.77 bits per heavy atom. The van der Waals surface area contributed by atoms with Gasteiger partial charge in [0.2, 0.25) is 15.9 Å². The second-order valence-corrected chi connectivity index (χ2v) is 12.3. The summed E-state index contributed by atoms with van der Waals surface area (Å²) in [6.07, 6.45) is 0.820. The summed E-state index contributed by atoms with van der Waals surface area (Å²) in [5.74, 6) is 1.60. The van der Waals surface area contributed by atoms with Crippen molar-refractivity contribution >= 4 is 33.4 Å². The summed E-state index contributed by atoms with van der Waals surface area (Å²) in [4.78, 5) is 15.2. The van der Waals surface area contributed by atoms with Crippen LogP contribution in [0.1, 0.15) is 5.56 Å². The number of benzene rings is 3. The van der Waals surface area contributed by atoms with Crippen molar-refractivity contribution in [1.29, 1.82) is 0 Å².